The number of carbonyl (C=O) groups is 3. The van der Waals surface area contributed by atoms with Crippen molar-refractivity contribution in [1.29, 1.82) is 0 Å². The molecule has 50 heavy (non-hydrogen) atoms. The Morgan fingerprint density at radius 1 is 0.600 bits per heavy atom. The van der Waals surface area contributed by atoms with Crippen LogP contribution in [0.5, 0.6) is 0 Å². The molecule has 0 rings (SSSR count). The van der Waals surface area contributed by atoms with Gasteiger partial charge in [-0.1, -0.05) is 142 Å². The van der Waals surface area contributed by atoms with Crippen LogP contribution in [0.1, 0.15) is 181 Å². The first-order valence-electron chi connectivity index (χ1n) is 19.7. The fraction of sp³-hybridized carbons (Fsp3) is 0.868. The highest BCUT2D eigenvalue weighted by molar-refractivity contribution is 7.47. The van der Waals surface area contributed by atoms with Crippen molar-refractivity contribution in [2.45, 2.75) is 193 Å². The molecule has 0 aromatic carbocycles. The van der Waals surface area contributed by atoms with Crippen molar-refractivity contribution in [3.05, 3.63) is 12.2 Å². The second kappa shape index (κ2) is 34.3. The second-order valence-electron chi connectivity index (χ2n) is 13.4. The minimum Gasteiger partial charge on any atom is -0.480 e. The van der Waals surface area contributed by atoms with E-state index in [0.29, 0.717) is 12.8 Å². The normalized spacial score (nSPS) is 14.0. The number of nitrogens with two attached hydrogens (primary N) is 1. The highest BCUT2D eigenvalue weighted by Gasteiger charge is 2.28. The molecule has 0 saturated heterocycles. The summed E-state index contributed by atoms with van der Waals surface area (Å²) in [5, 5.41) is 8.86. The van der Waals surface area contributed by atoms with E-state index in [1.54, 1.807) is 0 Å². The lowest BCUT2D eigenvalue weighted by atomic mass is 10.0. The maximum absolute atomic E-state index is 12.6. The zero-order valence-electron chi connectivity index (χ0n) is 31.5. The number of rotatable bonds is 37. The molecule has 0 spiro atoms. The molecule has 12 heteroatoms. The molecule has 0 aliphatic heterocycles. The lowest BCUT2D eigenvalue weighted by molar-refractivity contribution is -0.161. The van der Waals surface area contributed by atoms with Gasteiger partial charge in [0, 0.05) is 12.8 Å². The van der Waals surface area contributed by atoms with E-state index in [1.165, 1.54) is 83.5 Å². The summed E-state index contributed by atoms with van der Waals surface area (Å²) in [6.07, 6.45) is 31.3. The maximum Gasteiger partial charge on any atom is 0.472 e. The number of carbonyl (C=O) groups excluding carboxylic acids is 2. The first-order chi connectivity index (χ1) is 24.1. The summed E-state index contributed by atoms with van der Waals surface area (Å²) in [5.74, 6) is -2.38. The van der Waals surface area contributed by atoms with E-state index in [0.717, 1.165) is 57.8 Å². The average Bonchev–Trinajstić information content (AvgIpc) is 3.09. The summed E-state index contributed by atoms with van der Waals surface area (Å²) in [7, 11) is -4.71. The molecule has 0 radical (unpaired) electrons. The quantitative estimate of drug-likeness (QED) is 0.0240. The molecule has 11 nitrogen and oxygen atoms in total. The van der Waals surface area contributed by atoms with Crippen LogP contribution in [0, 0.1) is 0 Å². The molecule has 3 atom stereocenters. The van der Waals surface area contributed by atoms with Crippen LogP contribution in [0.2, 0.25) is 0 Å². The van der Waals surface area contributed by atoms with Crippen LogP contribution in [-0.4, -0.2) is 59.9 Å². The van der Waals surface area contributed by atoms with Crippen molar-refractivity contribution in [2.24, 2.45) is 5.73 Å². The molecule has 0 aliphatic rings. The molecule has 0 bridgehead atoms. The minimum absolute atomic E-state index is 0.155. The number of esters is 2. The van der Waals surface area contributed by atoms with Gasteiger partial charge in [0.15, 0.2) is 6.10 Å². The van der Waals surface area contributed by atoms with Gasteiger partial charge in [-0.25, -0.2) is 4.57 Å². The summed E-state index contributed by atoms with van der Waals surface area (Å²) >= 11 is 0. The molecule has 1 unspecified atom stereocenters. The van der Waals surface area contributed by atoms with Gasteiger partial charge in [-0.15, -0.1) is 0 Å². The number of carboxylic acids is 1. The fourth-order valence-corrected chi connectivity index (χ4v) is 6.13. The van der Waals surface area contributed by atoms with Crippen LogP contribution >= 0.6 is 7.82 Å². The molecule has 294 valence electrons. The van der Waals surface area contributed by atoms with Gasteiger partial charge in [-0.2, -0.15) is 0 Å². The Balaban J connectivity index is 4.42. The predicted octanol–water partition coefficient (Wildman–Crippen LogP) is 9.73. The number of phosphoric ester groups is 1. The van der Waals surface area contributed by atoms with Gasteiger partial charge in [0.05, 0.1) is 13.2 Å². The number of unbranched alkanes of at least 4 members (excludes halogenated alkanes) is 21. The first-order valence-corrected chi connectivity index (χ1v) is 21.2. The number of aliphatic carboxylic acids is 1. The van der Waals surface area contributed by atoms with Gasteiger partial charge in [0.25, 0.3) is 0 Å². The predicted molar refractivity (Wildman–Crippen MR) is 199 cm³/mol. The zero-order valence-corrected chi connectivity index (χ0v) is 32.4. The third-order valence-corrected chi connectivity index (χ3v) is 9.46. The Bertz CT molecular complexity index is 916. The standard InChI is InChI=1S/C38H72NO10P/c1-3-5-7-9-11-13-15-17-19-21-23-25-27-29-36(40)46-31-34(32-47-50(44,45)48-33-35(39)38(42)43)49-37(41)30-28-26-24-22-20-18-16-14-12-10-8-6-4-2/h14,16,34-35H,3-13,15,17-33,39H2,1-2H3,(H,42,43)(H,44,45)/t34-,35+/m1/s1. The van der Waals surface area contributed by atoms with Crippen LogP contribution in [-0.2, 0) is 37.5 Å². The van der Waals surface area contributed by atoms with Crippen molar-refractivity contribution in [3.8, 4) is 0 Å². The topological polar surface area (TPSA) is 172 Å². The van der Waals surface area contributed by atoms with Crippen molar-refractivity contribution >= 4 is 25.7 Å². The minimum atomic E-state index is -4.71. The van der Waals surface area contributed by atoms with E-state index in [1.807, 2.05) is 0 Å². The van der Waals surface area contributed by atoms with Crippen molar-refractivity contribution in [3.63, 3.8) is 0 Å². The number of hydrogen-bond donors (Lipinski definition) is 3. The van der Waals surface area contributed by atoms with Crippen molar-refractivity contribution < 1.29 is 47.5 Å². The van der Waals surface area contributed by atoms with E-state index < -0.39 is 51.1 Å². The van der Waals surface area contributed by atoms with E-state index in [4.69, 9.17) is 24.8 Å². The monoisotopic (exact) mass is 733 g/mol. The molecule has 0 saturated carbocycles. The van der Waals surface area contributed by atoms with Crippen LogP contribution < -0.4 is 5.73 Å². The third kappa shape index (κ3) is 33.4. The Kier molecular flexibility index (Phi) is 33.1. The molecule has 0 amide bonds. The summed E-state index contributed by atoms with van der Waals surface area (Å²) in [6, 6.07) is -1.52. The van der Waals surface area contributed by atoms with E-state index >= 15 is 0 Å². The smallest absolute Gasteiger partial charge is 0.472 e. The molecular formula is C38H72NO10P. The number of allylic oxidation sites excluding steroid dienone is 2. The SMILES string of the molecule is CCCCCCC=CCCCCCCCC(=O)O[C@H](COC(=O)CCCCCCCCCCCCCCC)COP(=O)(O)OC[C@H](N)C(=O)O. The van der Waals surface area contributed by atoms with Crippen molar-refractivity contribution in [2.75, 3.05) is 19.8 Å². The maximum atomic E-state index is 12.6. The van der Waals surface area contributed by atoms with Crippen molar-refractivity contribution in [1.82, 2.24) is 0 Å². The molecule has 0 heterocycles. The Morgan fingerprint density at radius 3 is 1.48 bits per heavy atom. The van der Waals surface area contributed by atoms with Gasteiger partial charge in [-0.3, -0.25) is 23.4 Å². The molecule has 0 aromatic rings. The highest BCUT2D eigenvalue weighted by atomic mass is 31.2. The van der Waals surface area contributed by atoms with Gasteiger partial charge >= 0.3 is 25.7 Å². The zero-order chi connectivity index (χ0) is 37.1. The summed E-state index contributed by atoms with van der Waals surface area (Å²) < 4.78 is 32.6. The molecule has 0 fully saturated rings. The summed E-state index contributed by atoms with van der Waals surface area (Å²) in [5.41, 5.74) is 5.32. The fourth-order valence-electron chi connectivity index (χ4n) is 5.35. The summed E-state index contributed by atoms with van der Waals surface area (Å²) in [4.78, 5) is 45.7. The Hall–Kier alpha value is -1.78. The Labute approximate surface area is 303 Å². The molecule has 0 aromatic heterocycles. The highest BCUT2D eigenvalue weighted by Crippen LogP contribution is 2.43. The van der Waals surface area contributed by atoms with Crippen LogP contribution in [0.3, 0.4) is 0 Å². The molecular weight excluding hydrogens is 661 g/mol. The van der Waals surface area contributed by atoms with Crippen LogP contribution in [0.25, 0.3) is 0 Å². The van der Waals surface area contributed by atoms with Gasteiger partial charge in [0.2, 0.25) is 0 Å². The van der Waals surface area contributed by atoms with E-state index in [-0.39, 0.29) is 19.4 Å². The third-order valence-electron chi connectivity index (χ3n) is 8.51. The first kappa shape index (κ1) is 48.2. The summed E-state index contributed by atoms with van der Waals surface area (Å²) in [6.45, 7) is 2.77. The molecule has 0 aliphatic carbocycles. The van der Waals surface area contributed by atoms with Gasteiger partial charge in [0.1, 0.15) is 12.6 Å². The van der Waals surface area contributed by atoms with E-state index in [9.17, 15) is 23.8 Å². The number of ether oxygens (including phenoxy) is 2. The number of hydrogen-bond acceptors (Lipinski definition) is 9. The van der Waals surface area contributed by atoms with Gasteiger partial charge in [-0.05, 0) is 38.5 Å². The average molecular weight is 734 g/mol. The molecule has 4 N–H and O–H groups in total. The number of phosphoric acid groups is 1. The number of carboxylic acid groups (broad SMARTS) is 1. The van der Waals surface area contributed by atoms with Gasteiger partial charge < -0.3 is 25.2 Å². The Morgan fingerprint density at radius 2 is 1.00 bits per heavy atom. The second-order valence-corrected chi connectivity index (χ2v) is 14.9. The van der Waals surface area contributed by atoms with Crippen LogP contribution in [0.15, 0.2) is 12.2 Å². The van der Waals surface area contributed by atoms with E-state index in [2.05, 4.69) is 30.5 Å². The lowest BCUT2D eigenvalue weighted by Crippen LogP contribution is -2.34. The van der Waals surface area contributed by atoms with Crippen LogP contribution in [0.4, 0.5) is 0 Å². The largest absolute Gasteiger partial charge is 0.480 e. The lowest BCUT2D eigenvalue weighted by Gasteiger charge is -2.20.